The standard InChI is InChI=1S/C20H23ClN4O.ClH/c1-24-17-8-7-14(21)11-16(17)23-20(24)13-25-10-9-22-12-18(25)15-5-3-4-6-19(15)26-2;/h3-8,11,18,22H,9-10,12-13H2,1-2H3;1H. The number of hydrogen-bond donors (Lipinski definition) is 1. The van der Waals surface area contributed by atoms with Crippen molar-refractivity contribution in [3.8, 4) is 5.75 Å². The summed E-state index contributed by atoms with van der Waals surface area (Å²) in [6.45, 7) is 3.62. The fourth-order valence-electron chi connectivity index (χ4n) is 3.73. The van der Waals surface area contributed by atoms with Crippen LogP contribution in [0.15, 0.2) is 42.5 Å². The summed E-state index contributed by atoms with van der Waals surface area (Å²) in [6, 6.07) is 14.4. The first kappa shape index (κ1) is 20.0. The zero-order chi connectivity index (χ0) is 18.1. The largest absolute Gasteiger partial charge is 0.496 e. The van der Waals surface area contributed by atoms with Gasteiger partial charge < -0.3 is 14.6 Å². The van der Waals surface area contributed by atoms with Crippen LogP contribution in [0, 0.1) is 0 Å². The number of benzene rings is 2. The van der Waals surface area contributed by atoms with Crippen LogP contribution >= 0.6 is 24.0 Å². The van der Waals surface area contributed by atoms with Gasteiger partial charge in [0.2, 0.25) is 0 Å². The molecule has 1 aliphatic heterocycles. The third kappa shape index (κ3) is 3.92. The highest BCUT2D eigenvalue weighted by Gasteiger charge is 2.27. The van der Waals surface area contributed by atoms with Gasteiger partial charge in [0.25, 0.3) is 0 Å². The topological polar surface area (TPSA) is 42.3 Å². The van der Waals surface area contributed by atoms with Crippen molar-refractivity contribution in [2.24, 2.45) is 7.05 Å². The number of methoxy groups -OCH3 is 1. The predicted molar refractivity (Wildman–Crippen MR) is 112 cm³/mol. The van der Waals surface area contributed by atoms with Crippen molar-refractivity contribution in [3.05, 3.63) is 58.9 Å². The maximum atomic E-state index is 6.13. The van der Waals surface area contributed by atoms with Crippen LogP contribution in [0.5, 0.6) is 5.75 Å². The molecule has 1 atom stereocenters. The summed E-state index contributed by atoms with van der Waals surface area (Å²) < 4.78 is 7.75. The predicted octanol–water partition coefficient (Wildman–Crippen LogP) is 3.80. The number of aromatic nitrogens is 2. The molecule has 0 saturated carbocycles. The minimum absolute atomic E-state index is 0. The quantitative estimate of drug-likeness (QED) is 0.715. The van der Waals surface area contributed by atoms with E-state index in [1.54, 1.807) is 7.11 Å². The number of hydrogen-bond acceptors (Lipinski definition) is 4. The molecule has 0 aliphatic carbocycles. The van der Waals surface area contributed by atoms with Gasteiger partial charge in [-0.2, -0.15) is 0 Å². The number of aryl methyl sites for hydroxylation is 1. The highest BCUT2D eigenvalue weighted by Crippen LogP contribution is 2.31. The average Bonchev–Trinajstić information content (AvgIpc) is 2.97. The zero-order valence-electron chi connectivity index (χ0n) is 15.5. The minimum atomic E-state index is 0. The number of fused-ring (bicyclic) bond motifs is 1. The molecule has 144 valence electrons. The van der Waals surface area contributed by atoms with E-state index in [2.05, 4.69) is 34.0 Å². The number of halogens is 2. The lowest BCUT2D eigenvalue weighted by atomic mass is 10.0. The Bertz CT molecular complexity index is 927. The SMILES string of the molecule is COc1ccccc1C1CNCCN1Cc1nc2cc(Cl)ccc2n1C.Cl. The summed E-state index contributed by atoms with van der Waals surface area (Å²) in [5.74, 6) is 1.98. The van der Waals surface area contributed by atoms with E-state index in [1.807, 2.05) is 30.3 Å². The molecule has 5 nitrogen and oxygen atoms in total. The van der Waals surface area contributed by atoms with E-state index in [0.29, 0.717) is 0 Å². The van der Waals surface area contributed by atoms with E-state index in [-0.39, 0.29) is 18.4 Å². The first-order valence-electron chi connectivity index (χ1n) is 8.86. The summed E-state index contributed by atoms with van der Waals surface area (Å²) in [4.78, 5) is 7.29. The summed E-state index contributed by atoms with van der Waals surface area (Å²) in [5, 5.41) is 4.23. The molecule has 7 heteroatoms. The van der Waals surface area contributed by atoms with Crippen molar-refractivity contribution in [2.45, 2.75) is 12.6 Å². The van der Waals surface area contributed by atoms with Gasteiger partial charge >= 0.3 is 0 Å². The van der Waals surface area contributed by atoms with Gasteiger partial charge in [0.05, 0.1) is 30.7 Å². The third-order valence-corrected chi connectivity index (χ3v) is 5.37. The van der Waals surface area contributed by atoms with Gasteiger partial charge in [0.15, 0.2) is 0 Å². The number of rotatable bonds is 4. The Hall–Kier alpha value is -1.79. The van der Waals surface area contributed by atoms with E-state index in [4.69, 9.17) is 21.3 Å². The molecule has 1 N–H and O–H groups in total. The van der Waals surface area contributed by atoms with Crippen molar-refractivity contribution in [1.82, 2.24) is 19.8 Å². The zero-order valence-corrected chi connectivity index (χ0v) is 17.1. The molecular weight excluding hydrogens is 383 g/mol. The van der Waals surface area contributed by atoms with Crippen molar-refractivity contribution in [3.63, 3.8) is 0 Å². The Kier molecular flexibility index (Phi) is 6.27. The van der Waals surface area contributed by atoms with Crippen molar-refractivity contribution < 1.29 is 4.74 Å². The number of nitrogens with one attached hydrogen (secondary N) is 1. The van der Waals surface area contributed by atoms with Crippen LogP contribution in [0.1, 0.15) is 17.4 Å². The Labute approximate surface area is 170 Å². The highest BCUT2D eigenvalue weighted by atomic mass is 35.5. The van der Waals surface area contributed by atoms with Crippen molar-refractivity contribution in [1.29, 1.82) is 0 Å². The van der Waals surface area contributed by atoms with Crippen LogP contribution in [-0.2, 0) is 13.6 Å². The van der Waals surface area contributed by atoms with E-state index in [9.17, 15) is 0 Å². The molecule has 27 heavy (non-hydrogen) atoms. The van der Waals surface area contributed by atoms with Gasteiger partial charge in [0.1, 0.15) is 11.6 Å². The van der Waals surface area contributed by atoms with E-state index < -0.39 is 0 Å². The van der Waals surface area contributed by atoms with Gasteiger partial charge in [-0.3, -0.25) is 4.90 Å². The lowest BCUT2D eigenvalue weighted by molar-refractivity contribution is 0.146. The van der Waals surface area contributed by atoms with Gasteiger partial charge in [-0.05, 0) is 24.3 Å². The Balaban J connectivity index is 0.00000210. The molecule has 4 rings (SSSR count). The van der Waals surface area contributed by atoms with Gasteiger partial charge in [-0.15, -0.1) is 12.4 Å². The fraction of sp³-hybridized carbons (Fsp3) is 0.350. The van der Waals surface area contributed by atoms with E-state index in [1.165, 1.54) is 5.56 Å². The fourth-order valence-corrected chi connectivity index (χ4v) is 3.90. The minimum Gasteiger partial charge on any atom is -0.496 e. The van der Waals surface area contributed by atoms with Crippen LogP contribution in [0.25, 0.3) is 11.0 Å². The summed E-state index contributed by atoms with van der Waals surface area (Å²) in [6.07, 6.45) is 0. The molecule has 1 fully saturated rings. The Morgan fingerprint density at radius 1 is 1.26 bits per heavy atom. The van der Waals surface area contributed by atoms with Crippen LogP contribution in [-0.4, -0.2) is 41.2 Å². The molecule has 0 radical (unpaired) electrons. The molecule has 0 bridgehead atoms. The highest BCUT2D eigenvalue weighted by molar-refractivity contribution is 6.31. The molecule has 1 saturated heterocycles. The Morgan fingerprint density at radius 3 is 2.89 bits per heavy atom. The van der Waals surface area contributed by atoms with Crippen molar-refractivity contribution >= 4 is 35.0 Å². The molecule has 1 aromatic heterocycles. The normalized spacial score (nSPS) is 17.7. The van der Waals surface area contributed by atoms with Crippen LogP contribution in [0.4, 0.5) is 0 Å². The molecule has 1 aliphatic rings. The lowest BCUT2D eigenvalue weighted by Crippen LogP contribution is -2.45. The second-order valence-corrected chi connectivity index (χ2v) is 7.09. The van der Waals surface area contributed by atoms with Crippen LogP contribution in [0.2, 0.25) is 5.02 Å². The van der Waals surface area contributed by atoms with Crippen LogP contribution in [0.3, 0.4) is 0 Å². The molecule has 0 spiro atoms. The van der Waals surface area contributed by atoms with E-state index in [0.717, 1.165) is 53.8 Å². The van der Waals surface area contributed by atoms with Gasteiger partial charge in [-0.1, -0.05) is 29.8 Å². The number of para-hydroxylation sites is 1. The molecule has 2 heterocycles. The van der Waals surface area contributed by atoms with E-state index >= 15 is 0 Å². The first-order chi connectivity index (χ1) is 12.7. The maximum Gasteiger partial charge on any atom is 0.123 e. The van der Waals surface area contributed by atoms with Crippen LogP contribution < -0.4 is 10.1 Å². The molecule has 1 unspecified atom stereocenters. The summed E-state index contributed by atoms with van der Waals surface area (Å²) in [7, 11) is 3.80. The summed E-state index contributed by atoms with van der Waals surface area (Å²) >= 11 is 6.13. The monoisotopic (exact) mass is 406 g/mol. The molecular formula is C20H24Cl2N4O. The number of piperazine rings is 1. The summed E-state index contributed by atoms with van der Waals surface area (Å²) in [5.41, 5.74) is 3.26. The molecule has 3 aromatic rings. The maximum absolute atomic E-state index is 6.13. The second-order valence-electron chi connectivity index (χ2n) is 6.65. The number of imidazole rings is 1. The number of nitrogens with zero attached hydrogens (tertiary/aromatic N) is 3. The second kappa shape index (κ2) is 8.48. The van der Waals surface area contributed by atoms with Gasteiger partial charge in [-0.25, -0.2) is 4.98 Å². The Morgan fingerprint density at radius 2 is 2.07 bits per heavy atom. The first-order valence-corrected chi connectivity index (χ1v) is 9.23. The number of ether oxygens (including phenoxy) is 1. The van der Waals surface area contributed by atoms with Crippen molar-refractivity contribution in [2.75, 3.05) is 26.7 Å². The smallest absolute Gasteiger partial charge is 0.123 e. The average molecular weight is 407 g/mol. The molecule has 2 aromatic carbocycles. The van der Waals surface area contributed by atoms with Gasteiger partial charge in [0, 0.05) is 37.3 Å². The third-order valence-electron chi connectivity index (χ3n) is 5.13. The lowest BCUT2D eigenvalue weighted by Gasteiger charge is -2.36. The molecule has 0 amide bonds.